The first-order valence-corrected chi connectivity index (χ1v) is 6.94. The fourth-order valence-corrected chi connectivity index (χ4v) is 2.60. The highest BCUT2D eigenvalue weighted by Crippen LogP contribution is 2.30. The van der Waals surface area contributed by atoms with Crippen LogP contribution in [0, 0.1) is 0 Å². The molecule has 0 atom stereocenters. The summed E-state index contributed by atoms with van der Waals surface area (Å²) in [5.41, 5.74) is 0.823. The van der Waals surface area contributed by atoms with Gasteiger partial charge in [0.05, 0.1) is 24.4 Å². The predicted octanol–water partition coefficient (Wildman–Crippen LogP) is 1.27. The lowest BCUT2D eigenvalue weighted by atomic mass is 10.0. The number of anilines is 1. The van der Waals surface area contributed by atoms with Crippen LogP contribution in [0.5, 0.6) is 5.75 Å². The minimum atomic E-state index is -0.333. The number of benzene rings is 1. The fraction of sp³-hybridized carbons (Fsp3) is 0.467. The molecular formula is C15H18N2O4. The van der Waals surface area contributed by atoms with Gasteiger partial charge in [0.15, 0.2) is 6.61 Å². The summed E-state index contributed by atoms with van der Waals surface area (Å²) in [5, 5.41) is 2.71. The molecule has 0 spiro atoms. The molecule has 1 saturated heterocycles. The number of morpholine rings is 1. The third-order valence-corrected chi connectivity index (χ3v) is 3.75. The molecule has 0 aliphatic carbocycles. The smallest absolute Gasteiger partial charge is 0.262 e. The average Bonchev–Trinajstić information content (AvgIpc) is 2.45. The number of ether oxygens (including phenoxy) is 2. The van der Waals surface area contributed by atoms with Gasteiger partial charge in [-0.3, -0.25) is 9.59 Å². The number of amides is 2. The van der Waals surface area contributed by atoms with Gasteiger partial charge in [-0.15, -0.1) is 0 Å². The van der Waals surface area contributed by atoms with Gasteiger partial charge in [-0.25, -0.2) is 0 Å². The Morgan fingerprint density at radius 1 is 1.38 bits per heavy atom. The first-order chi connectivity index (χ1) is 9.97. The van der Waals surface area contributed by atoms with Gasteiger partial charge in [0, 0.05) is 12.1 Å². The van der Waals surface area contributed by atoms with Crippen LogP contribution in [0.3, 0.4) is 0 Å². The maximum atomic E-state index is 12.7. The standard InChI is InChI=1S/C15H18N2O4/c1-15(2)9-20-6-5-17(15)14(19)10-3-4-11-12(7-10)21-8-13(18)16-11/h3-4,7H,5-6,8-9H2,1-2H3,(H,16,18). The van der Waals surface area contributed by atoms with Gasteiger partial charge in [0.2, 0.25) is 0 Å². The molecule has 2 heterocycles. The molecule has 0 saturated carbocycles. The van der Waals surface area contributed by atoms with Gasteiger partial charge < -0.3 is 19.7 Å². The minimum absolute atomic E-state index is 0.0201. The van der Waals surface area contributed by atoms with Crippen LogP contribution in [-0.4, -0.2) is 48.6 Å². The van der Waals surface area contributed by atoms with Crippen molar-refractivity contribution in [3.05, 3.63) is 23.8 Å². The van der Waals surface area contributed by atoms with E-state index in [1.165, 1.54) is 0 Å². The van der Waals surface area contributed by atoms with E-state index in [9.17, 15) is 9.59 Å². The third-order valence-electron chi connectivity index (χ3n) is 3.75. The van der Waals surface area contributed by atoms with Crippen LogP contribution in [0.25, 0.3) is 0 Å². The largest absolute Gasteiger partial charge is 0.482 e. The molecule has 0 unspecified atom stereocenters. The maximum absolute atomic E-state index is 12.7. The van der Waals surface area contributed by atoms with E-state index in [-0.39, 0.29) is 24.0 Å². The Labute approximate surface area is 123 Å². The summed E-state index contributed by atoms with van der Waals surface area (Å²) in [7, 11) is 0. The van der Waals surface area contributed by atoms with E-state index < -0.39 is 0 Å². The molecule has 112 valence electrons. The Bertz CT molecular complexity index is 597. The normalized spacial score (nSPS) is 20.3. The fourth-order valence-electron chi connectivity index (χ4n) is 2.60. The van der Waals surface area contributed by atoms with E-state index >= 15 is 0 Å². The summed E-state index contributed by atoms with van der Waals surface area (Å²) < 4.78 is 10.8. The molecule has 3 rings (SSSR count). The number of carbonyl (C=O) groups is 2. The van der Waals surface area contributed by atoms with E-state index in [2.05, 4.69) is 5.32 Å². The molecular weight excluding hydrogens is 272 g/mol. The zero-order valence-corrected chi connectivity index (χ0v) is 12.1. The van der Waals surface area contributed by atoms with E-state index in [1.54, 1.807) is 18.2 Å². The van der Waals surface area contributed by atoms with Gasteiger partial charge in [0.25, 0.3) is 11.8 Å². The van der Waals surface area contributed by atoms with Gasteiger partial charge in [0.1, 0.15) is 5.75 Å². The molecule has 21 heavy (non-hydrogen) atoms. The Hall–Kier alpha value is -2.08. The van der Waals surface area contributed by atoms with Crippen molar-refractivity contribution in [1.82, 2.24) is 4.90 Å². The zero-order valence-electron chi connectivity index (χ0n) is 12.1. The van der Waals surface area contributed by atoms with Crippen LogP contribution >= 0.6 is 0 Å². The number of nitrogens with zero attached hydrogens (tertiary/aromatic N) is 1. The van der Waals surface area contributed by atoms with Crippen molar-refractivity contribution >= 4 is 17.5 Å². The molecule has 2 aliphatic heterocycles. The third kappa shape index (κ3) is 2.58. The highest BCUT2D eigenvalue weighted by atomic mass is 16.5. The Morgan fingerprint density at radius 3 is 2.95 bits per heavy atom. The Balaban J connectivity index is 1.87. The number of carbonyl (C=O) groups excluding carboxylic acids is 2. The number of hydrogen-bond donors (Lipinski definition) is 1. The van der Waals surface area contributed by atoms with Crippen LogP contribution in [0.4, 0.5) is 5.69 Å². The molecule has 1 N–H and O–H groups in total. The maximum Gasteiger partial charge on any atom is 0.262 e. The van der Waals surface area contributed by atoms with Gasteiger partial charge in [-0.2, -0.15) is 0 Å². The van der Waals surface area contributed by atoms with Crippen molar-refractivity contribution in [2.24, 2.45) is 0 Å². The van der Waals surface area contributed by atoms with Crippen LogP contribution in [0.1, 0.15) is 24.2 Å². The lowest BCUT2D eigenvalue weighted by Crippen LogP contribution is -2.55. The predicted molar refractivity (Wildman–Crippen MR) is 76.5 cm³/mol. The first kappa shape index (κ1) is 13.9. The van der Waals surface area contributed by atoms with Crippen molar-refractivity contribution in [2.45, 2.75) is 19.4 Å². The van der Waals surface area contributed by atoms with Crippen LogP contribution in [0.2, 0.25) is 0 Å². The van der Waals surface area contributed by atoms with Crippen LogP contribution in [-0.2, 0) is 9.53 Å². The van der Waals surface area contributed by atoms with Crippen molar-refractivity contribution in [3.8, 4) is 5.75 Å². The SMILES string of the molecule is CC1(C)COCCN1C(=O)c1ccc2c(c1)OCC(=O)N2. The summed E-state index contributed by atoms with van der Waals surface area (Å²) in [4.78, 5) is 25.8. The first-order valence-electron chi connectivity index (χ1n) is 6.94. The molecule has 6 heteroatoms. The van der Waals surface area contributed by atoms with Crippen molar-refractivity contribution in [2.75, 3.05) is 31.7 Å². The summed E-state index contributed by atoms with van der Waals surface area (Å²) in [6, 6.07) is 5.09. The van der Waals surface area contributed by atoms with Gasteiger partial charge >= 0.3 is 0 Å². The summed E-state index contributed by atoms with van der Waals surface area (Å²) in [5.74, 6) is 0.300. The molecule has 6 nitrogen and oxygen atoms in total. The zero-order chi connectivity index (χ0) is 15.0. The summed E-state index contributed by atoms with van der Waals surface area (Å²) in [6.45, 7) is 5.59. The highest BCUT2D eigenvalue weighted by molar-refractivity contribution is 5.99. The Morgan fingerprint density at radius 2 is 2.19 bits per heavy atom. The van der Waals surface area contributed by atoms with E-state index in [4.69, 9.17) is 9.47 Å². The lowest BCUT2D eigenvalue weighted by Gasteiger charge is -2.42. The second-order valence-electron chi connectivity index (χ2n) is 5.87. The topological polar surface area (TPSA) is 67.9 Å². The second kappa shape index (κ2) is 5.04. The molecule has 0 aromatic heterocycles. The van der Waals surface area contributed by atoms with E-state index in [0.717, 1.165) is 0 Å². The van der Waals surface area contributed by atoms with Crippen molar-refractivity contribution in [3.63, 3.8) is 0 Å². The summed E-state index contributed by atoms with van der Waals surface area (Å²) in [6.07, 6.45) is 0. The van der Waals surface area contributed by atoms with Gasteiger partial charge in [-0.1, -0.05) is 0 Å². The number of nitrogens with one attached hydrogen (secondary N) is 1. The lowest BCUT2D eigenvalue weighted by molar-refractivity contribution is -0.118. The van der Waals surface area contributed by atoms with Crippen molar-refractivity contribution < 1.29 is 19.1 Å². The average molecular weight is 290 g/mol. The quantitative estimate of drug-likeness (QED) is 0.845. The molecule has 0 bridgehead atoms. The number of rotatable bonds is 1. The number of hydrogen-bond acceptors (Lipinski definition) is 4. The highest BCUT2D eigenvalue weighted by Gasteiger charge is 2.35. The number of fused-ring (bicyclic) bond motifs is 1. The van der Waals surface area contributed by atoms with Crippen LogP contribution < -0.4 is 10.1 Å². The van der Waals surface area contributed by atoms with Gasteiger partial charge in [-0.05, 0) is 32.0 Å². The summed E-state index contributed by atoms with van der Waals surface area (Å²) >= 11 is 0. The van der Waals surface area contributed by atoms with E-state index in [0.29, 0.717) is 36.8 Å². The molecule has 2 amide bonds. The molecule has 1 fully saturated rings. The second-order valence-corrected chi connectivity index (χ2v) is 5.87. The van der Waals surface area contributed by atoms with Crippen molar-refractivity contribution in [1.29, 1.82) is 0 Å². The molecule has 2 aliphatic rings. The minimum Gasteiger partial charge on any atom is -0.482 e. The molecule has 0 radical (unpaired) electrons. The monoisotopic (exact) mass is 290 g/mol. The van der Waals surface area contributed by atoms with E-state index in [1.807, 2.05) is 18.7 Å². The molecule has 1 aromatic carbocycles. The Kier molecular flexibility index (Phi) is 3.33. The molecule has 1 aromatic rings. The van der Waals surface area contributed by atoms with Crippen LogP contribution in [0.15, 0.2) is 18.2 Å².